The van der Waals surface area contributed by atoms with Crippen molar-refractivity contribution in [1.82, 2.24) is 6.15 Å². The fourth-order valence-corrected chi connectivity index (χ4v) is 0. The molecule has 0 aromatic carbocycles. The quantitative estimate of drug-likeness (QED) is 0.416. The van der Waals surface area contributed by atoms with Crippen LogP contribution in [0.5, 0.6) is 0 Å². The standard InChI is InChI=1S/CH4.H3N.H4Si.Ti/h1H4;1H3;1H4;. The van der Waals surface area contributed by atoms with E-state index >= 15 is 0 Å². The van der Waals surface area contributed by atoms with Gasteiger partial charge in [0, 0.05) is 21.7 Å². The van der Waals surface area contributed by atoms with Crippen molar-refractivity contribution in [1.29, 1.82) is 0 Å². The molecular formula is CH11NSiTi. The van der Waals surface area contributed by atoms with Crippen molar-refractivity contribution in [2.75, 3.05) is 0 Å². The summed E-state index contributed by atoms with van der Waals surface area (Å²) >= 11 is 0. The molecule has 0 radical (unpaired) electrons. The third-order valence-corrected chi connectivity index (χ3v) is 0. The zero-order valence-electron chi connectivity index (χ0n) is 1.21. The molecular weight excluding hydrogens is 102 g/mol. The van der Waals surface area contributed by atoms with E-state index in [-0.39, 0.29) is 46.3 Å². The molecule has 28 valence electrons. The summed E-state index contributed by atoms with van der Waals surface area (Å²) in [6, 6.07) is 0. The maximum Gasteiger partial charge on any atom is 0 e. The van der Waals surface area contributed by atoms with Gasteiger partial charge in [0.25, 0.3) is 0 Å². The number of hydrogen-bond acceptors (Lipinski definition) is 1. The Hall–Kier alpha value is 0.891. The van der Waals surface area contributed by atoms with Crippen LogP contribution in [0.1, 0.15) is 7.43 Å². The minimum Gasteiger partial charge on any atom is -0.344 e. The molecule has 0 aliphatic rings. The largest absolute Gasteiger partial charge is 0.344 e. The summed E-state index contributed by atoms with van der Waals surface area (Å²) in [5, 5.41) is 0. The summed E-state index contributed by atoms with van der Waals surface area (Å²) in [4.78, 5) is 0. The van der Waals surface area contributed by atoms with Crippen LogP contribution in [0.3, 0.4) is 0 Å². The Morgan fingerprint density at radius 2 is 1.00 bits per heavy atom. The summed E-state index contributed by atoms with van der Waals surface area (Å²) in [7, 11) is 0. The fraction of sp³-hybridized carbons (Fsp3) is 1.00. The second kappa shape index (κ2) is 41.0. The van der Waals surface area contributed by atoms with Crippen LogP contribution in [0.25, 0.3) is 0 Å². The topological polar surface area (TPSA) is 35.0 Å². The van der Waals surface area contributed by atoms with Crippen LogP contribution in [-0.2, 0) is 21.7 Å². The Kier molecular flexibility index (Phi) is 955. The van der Waals surface area contributed by atoms with E-state index < -0.39 is 0 Å². The van der Waals surface area contributed by atoms with Crippen LogP contribution in [0.4, 0.5) is 0 Å². The Morgan fingerprint density at radius 1 is 1.00 bits per heavy atom. The first-order valence-electron chi connectivity index (χ1n) is 0. The fourth-order valence-electron chi connectivity index (χ4n) is 0. The predicted octanol–water partition coefficient (Wildman–Crippen LogP) is -0.656. The Bertz CT molecular complexity index is 8.00. The van der Waals surface area contributed by atoms with Crippen LogP contribution in [0, 0.1) is 0 Å². The molecule has 0 aromatic rings. The monoisotopic (exact) mass is 113 g/mol. The van der Waals surface area contributed by atoms with Gasteiger partial charge in [-0.25, -0.2) is 0 Å². The molecule has 4 heavy (non-hydrogen) atoms. The van der Waals surface area contributed by atoms with E-state index in [1.807, 2.05) is 0 Å². The average Bonchev–Trinajstić information content (AvgIpc) is 0. The van der Waals surface area contributed by atoms with Gasteiger partial charge in [0.05, 0.1) is 0 Å². The summed E-state index contributed by atoms with van der Waals surface area (Å²) in [6.45, 7) is 0. The Morgan fingerprint density at radius 3 is 1.00 bits per heavy atom. The molecule has 0 atom stereocenters. The Labute approximate surface area is 46.7 Å². The first kappa shape index (κ1) is 93.3. The minimum absolute atomic E-state index is 0. The molecule has 0 aliphatic carbocycles. The van der Waals surface area contributed by atoms with Gasteiger partial charge in [-0.3, -0.25) is 0 Å². The first-order chi connectivity index (χ1) is 0. The van der Waals surface area contributed by atoms with Gasteiger partial charge in [-0.15, -0.1) is 0 Å². The third-order valence-electron chi connectivity index (χ3n) is 0. The molecule has 3 heteroatoms. The van der Waals surface area contributed by atoms with Crippen molar-refractivity contribution in [3.05, 3.63) is 0 Å². The SMILES string of the molecule is C.N.[SiH4].[Ti]. The van der Waals surface area contributed by atoms with E-state index in [0.717, 1.165) is 0 Å². The average molecular weight is 113 g/mol. The van der Waals surface area contributed by atoms with Crippen molar-refractivity contribution in [3.63, 3.8) is 0 Å². The van der Waals surface area contributed by atoms with E-state index in [1.54, 1.807) is 0 Å². The molecule has 0 aromatic heterocycles. The van der Waals surface area contributed by atoms with Crippen molar-refractivity contribution in [3.8, 4) is 0 Å². The number of hydrogen-bond donors (Lipinski definition) is 1. The van der Waals surface area contributed by atoms with Crippen molar-refractivity contribution in [2.45, 2.75) is 7.43 Å². The van der Waals surface area contributed by atoms with Crippen LogP contribution >= 0.6 is 0 Å². The Balaban J connectivity index is 0. The maximum absolute atomic E-state index is 0. The van der Waals surface area contributed by atoms with Gasteiger partial charge >= 0.3 is 0 Å². The summed E-state index contributed by atoms with van der Waals surface area (Å²) in [5.41, 5.74) is 0. The van der Waals surface area contributed by atoms with Gasteiger partial charge < -0.3 is 6.15 Å². The first-order valence-corrected chi connectivity index (χ1v) is 0. The molecule has 0 amide bonds. The zero-order valence-corrected chi connectivity index (χ0v) is 2.77. The molecule has 0 unspecified atom stereocenters. The van der Waals surface area contributed by atoms with E-state index in [9.17, 15) is 0 Å². The second-order valence-corrected chi connectivity index (χ2v) is 0. The van der Waals surface area contributed by atoms with Crippen LogP contribution in [0.15, 0.2) is 0 Å². The van der Waals surface area contributed by atoms with Gasteiger partial charge in [0.2, 0.25) is 0 Å². The third kappa shape index (κ3) is 13.0. The molecule has 0 saturated carbocycles. The normalized spacial score (nSPS) is 0. The van der Waals surface area contributed by atoms with E-state index in [4.69, 9.17) is 0 Å². The van der Waals surface area contributed by atoms with Crippen molar-refractivity contribution in [2.24, 2.45) is 0 Å². The van der Waals surface area contributed by atoms with E-state index in [0.29, 0.717) is 0 Å². The van der Waals surface area contributed by atoms with Crippen LogP contribution < -0.4 is 6.15 Å². The van der Waals surface area contributed by atoms with Gasteiger partial charge in [0.15, 0.2) is 0 Å². The van der Waals surface area contributed by atoms with Crippen molar-refractivity contribution >= 4 is 11.0 Å². The molecule has 0 fully saturated rings. The molecule has 0 bridgehead atoms. The van der Waals surface area contributed by atoms with Gasteiger partial charge in [0.1, 0.15) is 0 Å². The maximum atomic E-state index is 0. The van der Waals surface area contributed by atoms with Gasteiger partial charge in [-0.1, -0.05) is 7.43 Å². The number of rotatable bonds is 0. The predicted molar refractivity (Wildman–Crippen MR) is 23.1 cm³/mol. The molecule has 0 aliphatic heterocycles. The van der Waals surface area contributed by atoms with Gasteiger partial charge in [-0.2, -0.15) is 0 Å². The second-order valence-electron chi connectivity index (χ2n) is 0. The van der Waals surface area contributed by atoms with Gasteiger partial charge in [-0.05, 0) is 11.0 Å². The summed E-state index contributed by atoms with van der Waals surface area (Å²) < 4.78 is 0. The van der Waals surface area contributed by atoms with Crippen LogP contribution in [0.2, 0.25) is 0 Å². The smallest absolute Gasteiger partial charge is 0 e. The molecule has 1 nitrogen and oxygen atoms in total. The molecule has 0 heterocycles. The molecule has 0 saturated heterocycles. The van der Waals surface area contributed by atoms with E-state index in [2.05, 4.69) is 0 Å². The van der Waals surface area contributed by atoms with Crippen LogP contribution in [-0.4, -0.2) is 11.0 Å². The molecule has 0 spiro atoms. The van der Waals surface area contributed by atoms with Crippen molar-refractivity contribution < 1.29 is 21.7 Å². The molecule has 3 N–H and O–H groups in total. The zero-order chi connectivity index (χ0) is 0. The molecule has 0 rings (SSSR count). The summed E-state index contributed by atoms with van der Waals surface area (Å²) in [6.07, 6.45) is 0. The summed E-state index contributed by atoms with van der Waals surface area (Å²) in [5.74, 6) is 0. The van der Waals surface area contributed by atoms with E-state index in [1.165, 1.54) is 0 Å². The minimum atomic E-state index is 0.